The van der Waals surface area contributed by atoms with Crippen molar-refractivity contribution in [3.05, 3.63) is 30.3 Å². The molecule has 1 unspecified atom stereocenters. The Kier molecular flexibility index (Phi) is 2.51. The highest BCUT2D eigenvalue weighted by atomic mass is 32.2. The lowest BCUT2D eigenvalue weighted by molar-refractivity contribution is -0.151. The highest BCUT2D eigenvalue weighted by Gasteiger charge is 2.43. The molecule has 1 heterocycles. The first-order valence-electron chi connectivity index (χ1n) is 4.55. The molecule has 2 rings (SSSR count). The normalized spacial score (nSPS) is 20.9. The third-order valence-corrected chi connectivity index (χ3v) is 4.31. The van der Waals surface area contributed by atoms with Crippen LogP contribution >= 0.6 is 0 Å². The van der Waals surface area contributed by atoms with Crippen LogP contribution in [-0.4, -0.2) is 25.6 Å². The van der Waals surface area contributed by atoms with Gasteiger partial charge in [-0.15, -0.1) is 0 Å². The standard InChI is InChI=1S/C10H8O5S/c11-9-6-8(10(12)15-9)16(13,14)7-4-2-1-3-5-7/h1-5,8H,6H2. The van der Waals surface area contributed by atoms with Crippen LogP contribution in [-0.2, 0) is 24.2 Å². The second kappa shape index (κ2) is 3.71. The molecule has 1 aliphatic heterocycles. The van der Waals surface area contributed by atoms with Crippen LogP contribution in [0.5, 0.6) is 0 Å². The van der Waals surface area contributed by atoms with E-state index < -0.39 is 33.4 Å². The van der Waals surface area contributed by atoms with Crippen molar-refractivity contribution in [2.24, 2.45) is 0 Å². The summed E-state index contributed by atoms with van der Waals surface area (Å²) in [5.74, 6) is -1.79. The molecule has 1 saturated heterocycles. The van der Waals surface area contributed by atoms with Gasteiger partial charge in [0.25, 0.3) is 0 Å². The summed E-state index contributed by atoms with van der Waals surface area (Å²) in [6.45, 7) is 0. The first-order chi connectivity index (χ1) is 7.51. The van der Waals surface area contributed by atoms with E-state index in [1.165, 1.54) is 12.1 Å². The average Bonchev–Trinajstić information content (AvgIpc) is 2.60. The van der Waals surface area contributed by atoms with E-state index in [1.807, 2.05) is 0 Å². The molecule has 0 saturated carbocycles. The fourth-order valence-corrected chi connectivity index (χ4v) is 2.99. The van der Waals surface area contributed by atoms with Gasteiger partial charge in [-0.05, 0) is 12.1 Å². The first-order valence-corrected chi connectivity index (χ1v) is 6.10. The first kappa shape index (κ1) is 10.8. The Hall–Kier alpha value is -1.69. The van der Waals surface area contributed by atoms with Crippen LogP contribution in [0.25, 0.3) is 0 Å². The van der Waals surface area contributed by atoms with Crippen LogP contribution in [0.15, 0.2) is 35.2 Å². The van der Waals surface area contributed by atoms with Crippen molar-refractivity contribution < 1.29 is 22.7 Å². The van der Waals surface area contributed by atoms with E-state index in [0.717, 1.165) is 0 Å². The molecule has 6 heteroatoms. The van der Waals surface area contributed by atoms with Gasteiger partial charge in [-0.2, -0.15) is 0 Å². The van der Waals surface area contributed by atoms with Gasteiger partial charge < -0.3 is 4.74 Å². The zero-order valence-electron chi connectivity index (χ0n) is 8.12. The smallest absolute Gasteiger partial charge is 0.332 e. The second-order valence-electron chi connectivity index (χ2n) is 3.34. The van der Waals surface area contributed by atoms with Gasteiger partial charge in [-0.3, -0.25) is 9.59 Å². The van der Waals surface area contributed by atoms with E-state index in [1.54, 1.807) is 18.2 Å². The zero-order valence-corrected chi connectivity index (χ0v) is 8.94. The van der Waals surface area contributed by atoms with Crippen LogP contribution in [0.2, 0.25) is 0 Å². The minimum absolute atomic E-state index is 0.0200. The molecule has 84 valence electrons. The number of ether oxygens (including phenoxy) is 1. The molecule has 0 bridgehead atoms. The number of carbonyl (C=O) groups excluding carboxylic acids is 2. The van der Waals surface area contributed by atoms with Gasteiger partial charge in [0.05, 0.1) is 11.3 Å². The lowest BCUT2D eigenvalue weighted by atomic mass is 10.3. The van der Waals surface area contributed by atoms with E-state index in [2.05, 4.69) is 4.74 Å². The van der Waals surface area contributed by atoms with E-state index in [4.69, 9.17) is 0 Å². The van der Waals surface area contributed by atoms with Gasteiger partial charge in [-0.1, -0.05) is 18.2 Å². The van der Waals surface area contributed by atoms with Crippen molar-refractivity contribution in [1.82, 2.24) is 0 Å². The highest BCUT2D eigenvalue weighted by molar-refractivity contribution is 7.92. The number of hydrogen-bond acceptors (Lipinski definition) is 5. The van der Waals surface area contributed by atoms with Gasteiger partial charge in [0.1, 0.15) is 0 Å². The Morgan fingerprint density at radius 1 is 1.12 bits per heavy atom. The van der Waals surface area contributed by atoms with Crippen molar-refractivity contribution in [2.45, 2.75) is 16.6 Å². The molecule has 1 aliphatic rings. The third-order valence-electron chi connectivity index (χ3n) is 2.28. The van der Waals surface area contributed by atoms with Crippen LogP contribution in [0.1, 0.15) is 6.42 Å². The van der Waals surface area contributed by atoms with E-state index in [-0.39, 0.29) is 4.90 Å². The average molecular weight is 240 g/mol. The quantitative estimate of drug-likeness (QED) is 0.549. The molecular weight excluding hydrogens is 232 g/mol. The summed E-state index contributed by atoms with van der Waals surface area (Å²) in [7, 11) is -3.82. The lowest BCUT2D eigenvalue weighted by Crippen LogP contribution is -2.25. The molecule has 0 aliphatic carbocycles. The molecular formula is C10H8O5S. The van der Waals surface area contributed by atoms with E-state index >= 15 is 0 Å². The number of sulfone groups is 1. The number of carbonyl (C=O) groups is 2. The van der Waals surface area contributed by atoms with Gasteiger partial charge in [0.2, 0.25) is 0 Å². The summed E-state index contributed by atoms with van der Waals surface area (Å²) in [6, 6.07) is 7.53. The minimum Gasteiger partial charge on any atom is -0.392 e. The fourth-order valence-electron chi connectivity index (χ4n) is 1.47. The van der Waals surface area contributed by atoms with Crippen LogP contribution < -0.4 is 0 Å². The topological polar surface area (TPSA) is 77.5 Å². The van der Waals surface area contributed by atoms with Crippen molar-refractivity contribution in [3.63, 3.8) is 0 Å². The Balaban J connectivity index is 2.41. The van der Waals surface area contributed by atoms with Crippen LogP contribution in [0.3, 0.4) is 0 Å². The van der Waals surface area contributed by atoms with Crippen molar-refractivity contribution in [2.75, 3.05) is 0 Å². The number of rotatable bonds is 2. The Bertz CT molecular complexity index is 532. The van der Waals surface area contributed by atoms with E-state index in [9.17, 15) is 18.0 Å². The zero-order chi connectivity index (χ0) is 11.8. The summed E-state index contributed by atoms with van der Waals surface area (Å²) < 4.78 is 28.1. The molecule has 0 spiro atoms. The minimum atomic E-state index is -3.82. The molecule has 0 aromatic heterocycles. The molecule has 1 fully saturated rings. The van der Waals surface area contributed by atoms with E-state index in [0.29, 0.717) is 0 Å². The maximum Gasteiger partial charge on any atom is 0.332 e. The molecule has 0 N–H and O–H groups in total. The van der Waals surface area contributed by atoms with Crippen molar-refractivity contribution in [1.29, 1.82) is 0 Å². The number of benzene rings is 1. The summed E-state index contributed by atoms with van der Waals surface area (Å²) in [5.41, 5.74) is 0. The molecule has 16 heavy (non-hydrogen) atoms. The Morgan fingerprint density at radius 2 is 1.75 bits per heavy atom. The SMILES string of the molecule is O=C1CC(S(=O)(=O)c2ccccc2)C(=O)O1. The lowest BCUT2D eigenvalue weighted by Gasteiger charge is -2.06. The molecule has 0 radical (unpaired) electrons. The summed E-state index contributed by atoms with van der Waals surface area (Å²) in [5, 5.41) is -1.40. The predicted octanol–water partition coefficient (Wildman–Crippen LogP) is 0.302. The molecule has 5 nitrogen and oxygen atoms in total. The third kappa shape index (κ3) is 1.71. The van der Waals surface area contributed by atoms with Gasteiger partial charge in [0, 0.05) is 0 Å². The summed E-state index contributed by atoms with van der Waals surface area (Å²) in [4.78, 5) is 22.0. The van der Waals surface area contributed by atoms with Gasteiger partial charge in [0.15, 0.2) is 15.1 Å². The Morgan fingerprint density at radius 3 is 2.25 bits per heavy atom. The maximum absolute atomic E-state index is 11.9. The molecule has 0 amide bonds. The largest absolute Gasteiger partial charge is 0.392 e. The summed E-state index contributed by atoms with van der Waals surface area (Å²) in [6.07, 6.45) is -0.407. The van der Waals surface area contributed by atoms with Crippen molar-refractivity contribution >= 4 is 21.8 Å². The monoisotopic (exact) mass is 240 g/mol. The molecule has 1 aromatic carbocycles. The molecule has 1 atom stereocenters. The number of hydrogen-bond donors (Lipinski definition) is 0. The Labute approximate surface area is 91.9 Å². The molecule has 1 aromatic rings. The van der Waals surface area contributed by atoms with Crippen LogP contribution in [0, 0.1) is 0 Å². The van der Waals surface area contributed by atoms with Gasteiger partial charge >= 0.3 is 11.9 Å². The predicted molar refractivity (Wildman–Crippen MR) is 53.1 cm³/mol. The highest BCUT2D eigenvalue weighted by Crippen LogP contribution is 2.23. The number of esters is 2. The second-order valence-corrected chi connectivity index (χ2v) is 5.47. The van der Waals surface area contributed by atoms with Crippen molar-refractivity contribution in [3.8, 4) is 0 Å². The van der Waals surface area contributed by atoms with Crippen LogP contribution in [0.4, 0.5) is 0 Å². The van der Waals surface area contributed by atoms with Gasteiger partial charge in [-0.25, -0.2) is 8.42 Å². The summed E-state index contributed by atoms with van der Waals surface area (Å²) >= 11 is 0. The fraction of sp³-hybridized carbons (Fsp3) is 0.200. The number of cyclic esters (lactones) is 2. The maximum atomic E-state index is 11.9.